The molecule has 0 amide bonds. The summed E-state index contributed by atoms with van der Waals surface area (Å²) in [6.45, 7) is 0. The molecule has 0 aliphatic heterocycles. The molecule has 0 aliphatic rings. The molecule has 0 unspecified atom stereocenters. The Hall–Kier alpha value is -2.70. The second-order valence-electron chi connectivity index (χ2n) is 3.45. The van der Waals surface area contributed by atoms with Gasteiger partial charge < -0.3 is 10.2 Å². The van der Waals surface area contributed by atoms with Crippen molar-refractivity contribution in [3.8, 4) is 11.6 Å². The number of benzene rings is 1. The first-order valence-corrected chi connectivity index (χ1v) is 4.82. The van der Waals surface area contributed by atoms with Crippen LogP contribution >= 0.6 is 0 Å². The monoisotopic (exact) mass is 229 g/mol. The lowest BCUT2D eigenvalue weighted by Crippen LogP contribution is -2.02. The molecule has 17 heavy (non-hydrogen) atoms. The second-order valence-corrected chi connectivity index (χ2v) is 3.45. The zero-order valence-electron chi connectivity index (χ0n) is 8.54. The number of aromatic nitrogens is 4. The van der Waals surface area contributed by atoms with Crippen LogP contribution in [0.15, 0.2) is 33.5 Å². The third-order valence-electron chi connectivity index (χ3n) is 2.36. The van der Waals surface area contributed by atoms with Gasteiger partial charge in [-0.1, -0.05) is 6.07 Å². The molecule has 0 saturated carbocycles. The van der Waals surface area contributed by atoms with E-state index < -0.39 is 0 Å². The normalized spacial score (nSPS) is 10.8. The molecule has 3 rings (SSSR count). The zero-order chi connectivity index (χ0) is 11.8. The molecule has 3 N–H and O–H groups in total. The number of fused-ring (bicyclic) bond motifs is 1. The van der Waals surface area contributed by atoms with E-state index in [1.165, 1.54) is 6.07 Å². The SMILES string of the molecule is Nc1cccc2c(=O)cc(-c3nnn[nH]3)oc12. The molecule has 2 aromatic heterocycles. The number of nitrogen functional groups attached to an aromatic ring is 1. The third kappa shape index (κ3) is 1.44. The molecule has 84 valence electrons. The standard InChI is InChI=1S/C10H7N5O2/c11-6-3-1-2-5-7(16)4-8(17-9(5)6)10-12-14-15-13-10/h1-4H,11H2,(H,12,13,14,15). The number of hydrogen-bond acceptors (Lipinski definition) is 6. The molecule has 1 aromatic carbocycles. The van der Waals surface area contributed by atoms with Gasteiger partial charge in [-0.2, -0.15) is 0 Å². The summed E-state index contributed by atoms with van der Waals surface area (Å²) in [6, 6.07) is 6.34. The Balaban J connectivity index is 2.38. The summed E-state index contributed by atoms with van der Waals surface area (Å²) in [6.07, 6.45) is 0. The van der Waals surface area contributed by atoms with E-state index in [1.54, 1.807) is 18.2 Å². The van der Waals surface area contributed by atoms with Gasteiger partial charge in [0.2, 0.25) is 5.82 Å². The van der Waals surface area contributed by atoms with E-state index in [4.69, 9.17) is 10.2 Å². The lowest BCUT2D eigenvalue weighted by Gasteiger charge is -2.01. The quantitative estimate of drug-likeness (QED) is 0.589. The van der Waals surface area contributed by atoms with Crippen molar-refractivity contribution < 1.29 is 4.42 Å². The van der Waals surface area contributed by atoms with E-state index in [2.05, 4.69) is 20.6 Å². The number of H-pyrrole nitrogens is 1. The first-order valence-electron chi connectivity index (χ1n) is 4.82. The number of hydrogen-bond donors (Lipinski definition) is 2. The van der Waals surface area contributed by atoms with Gasteiger partial charge >= 0.3 is 0 Å². The van der Waals surface area contributed by atoms with Crippen molar-refractivity contribution in [1.82, 2.24) is 20.6 Å². The maximum Gasteiger partial charge on any atom is 0.215 e. The van der Waals surface area contributed by atoms with Crippen molar-refractivity contribution in [2.45, 2.75) is 0 Å². The number of nitrogens with one attached hydrogen (secondary N) is 1. The second kappa shape index (κ2) is 3.41. The van der Waals surface area contributed by atoms with E-state index in [1.807, 2.05) is 0 Å². The summed E-state index contributed by atoms with van der Waals surface area (Å²) in [5.41, 5.74) is 6.30. The van der Waals surface area contributed by atoms with Crippen molar-refractivity contribution >= 4 is 16.7 Å². The van der Waals surface area contributed by atoms with E-state index >= 15 is 0 Å². The van der Waals surface area contributed by atoms with Crippen molar-refractivity contribution in [2.75, 3.05) is 5.73 Å². The van der Waals surface area contributed by atoms with Crippen LogP contribution in [0.25, 0.3) is 22.6 Å². The number of anilines is 1. The molecule has 0 aliphatic carbocycles. The fourth-order valence-corrected chi connectivity index (χ4v) is 1.58. The largest absolute Gasteiger partial charge is 0.450 e. The molecule has 2 heterocycles. The molecule has 0 atom stereocenters. The number of tetrazole rings is 1. The Bertz CT molecular complexity index is 732. The minimum atomic E-state index is -0.190. The number of aromatic amines is 1. The predicted molar refractivity (Wildman–Crippen MR) is 60.1 cm³/mol. The van der Waals surface area contributed by atoms with Crippen LogP contribution in [0.3, 0.4) is 0 Å². The lowest BCUT2D eigenvalue weighted by atomic mass is 10.2. The third-order valence-corrected chi connectivity index (χ3v) is 2.36. The number of nitrogens with zero attached hydrogens (tertiary/aromatic N) is 3. The highest BCUT2D eigenvalue weighted by Gasteiger charge is 2.10. The van der Waals surface area contributed by atoms with Gasteiger partial charge in [0.15, 0.2) is 16.8 Å². The molecule has 7 nitrogen and oxygen atoms in total. The molecule has 0 fully saturated rings. The first-order chi connectivity index (χ1) is 8.25. The van der Waals surface area contributed by atoms with Gasteiger partial charge in [-0.3, -0.25) is 4.79 Å². The topological polar surface area (TPSA) is 111 Å². The summed E-state index contributed by atoms with van der Waals surface area (Å²) in [7, 11) is 0. The Labute approximate surface area is 94.2 Å². The highest BCUT2D eigenvalue weighted by Crippen LogP contribution is 2.22. The highest BCUT2D eigenvalue weighted by molar-refractivity contribution is 5.88. The fraction of sp³-hybridized carbons (Fsp3) is 0. The van der Waals surface area contributed by atoms with Crippen LogP contribution in [0.2, 0.25) is 0 Å². The van der Waals surface area contributed by atoms with Crippen LogP contribution in [-0.4, -0.2) is 20.6 Å². The van der Waals surface area contributed by atoms with Crippen molar-refractivity contribution in [3.05, 3.63) is 34.5 Å². The first kappa shape index (κ1) is 9.52. The molecule has 0 saturated heterocycles. The van der Waals surface area contributed by atoms with Gasteiger partial charge in [-0.15, -0.1) is 5.10 Å². The zero-order valence-corrected chi connectivity index (χ0v) is 8.54. The fourth-order valence-electron chi connectivity index (χ4n) is 1.58. The molecule has 0 spiro atoms. The maximum atomic E-state index is 11.8. The summed E-state index contributed by atoms with van der Waals surface area (Å²) in [5.74, 6) is 0.539. The Morgan fingerprint density at radius 1 is 1.35 bits per heavy atom. The van der Waals surface area contributed by atoms with Gasteiger partial charge in [0.1, 0.15) is 0 Å². The Kier molecular flexibility index (Phi) is 1.91. The van der Waals surface area contributed by atoms with Crippen LogP contribution in [0.5, 0.6) is 0 Å². The molecular formula is C10H7N5O2. The average Bonchev–Trinajstić information content (AvgIpc) is 2.84. The summed E-state index contributed by atoms with van der Waals surface area (Å²) in [4.78, 5) is 11.8. The van der Waals surface area contributed by atoms with E-state index in [9.17, 15) is 4.79 Å². The minimum Gasteiger partial charge on any atom is -0.450 e. The van der Waals surface area contributed by atoms with E-state index in [-0.39, 0.29) is 17.0 Å². The molecule has 3 aromatic rings. The molecular weight excluding hydrogens is 222 g/mol. The molecule has 0 radical (unpaired) electrons. The Morgan fingerprint density at radius 3 is 3.00 bits per heavy atom. The van der Waals surface area contributed by atoms with Gasteiger partial charge in [-0.05, 0) is 22.6 Å². The summed E-state index contributed by atoms with van der Waals surface area (Å²) in [5, 5.41) is 13.5. The predicted octanol–water partition coefficient (Wildman–Crippen LogP) is 0.555. The number of nitrogens with two attached hydrogens (primary N) is 1. The van der Waals surface area contributed by atoms with Crippen molar-refractivity contribution in [3.63, 3.8) is 0 Å². The number of para-hydroxylation sites is 1. The van der Waals surface area contributed by atoms with Crippen LogP contribution in [0.1, 0.15) is 0 Å². The van der Waals surface area contributed by atoms with E-state index in [0.29, 0.717) is 16.7 Å². The maximum absolute atomic E-state index is 11.8. The smallest absolute Gasteiger partial charge is 0.215 e. The van der Waals surface area contributed by atoms with Crippen LogP contribution in [-0.2, 0) is 0 Å². The Morgan fingerprint density at radius 2 is 2.24 bits per heavy atom. The van der Waals surface area contributed by atoms with Crippen LogP contribution in [0, 0.1) is 0 Å². The lowest BCUT2D eigenvalue weighted by molar-refractivity contribution is 0.614. The van der Waals surface area contributed by atoms with Crippen LogP contribution < -0.4 is 11.2 Å². The minimum absolute atomic E-state index is 0.190. The van der Waals surface area contributed by atoms with Crippen molar-refractivity contribution in [2.24, 2.45) is 0 Å². The van der Waals surface area contributed by atoms with Crippen molar-refractivity contribution in [1.29, 1.82) is 0 Å². The van der Waals surface area contributed by atoms with Crippen LogP contribution in [0.4, 0.5) is 5.69 Å². The van der Waals surface area contributed by atoms with E-state index in [0.717, 1.165) is 0 Å². The number of rotatable bonds is 1. The average molecular weight is 229 g/mol. The highest BCUT2D eigenvalue weighted by atomic mass is 16.3. The van der Waals surface area contributed by atoms with Gasteiger partial charge in [0, 0.05) is 6.07 Å². The molecule has 0 bridgehead atoms. The van der Waals surface area contributed by atoms with Gasteiger partial charge in [-0.25, -0.2) is 5.10 Å². The molecule has 7 heteroatoms. The summed E-state index contributed by atoms with van der Waals surface area (Å²) < 4.78 is 5.52. The summed E-state index contributed by atoms with van der Waals surface area (Å²) >= 11 is 0. The van der Waals surface area contributed by atoms with Gasteiger partial charge in [0.05, 0.1) is 11.1 Å². The van der Waals surface area contributed by atoms with Gasteiger partial charge in [0.25, 0.3) is 0 Å².